The molecule has 1 fully saturated rings. The first kappa shape index (κ1) is 13.5. The molecule has 0 heterocycles. The lowest BCUT2D eigenvalue weighted by atomic mass is 9.79. The monoisotopic (exact) mass is 249 g/mol. The molecule has 100 valence electrons. The summed E-state index contributed by atoms with van der Waals surface area (Å²) in [6.45, 7) is 6.84. The van der Waals surface area contributed by atoms with Gasteiger partial charge in [0.15, 0.2) is 0 Å². The summed E-state index contributed by atoms with van der Waals surface area (Å²) >= 11 is 0. The van der Waals surface area contributed by atoms with Crippen LogP contribution in [0.4, 0.5) is 4.39 Å². The zero-order valence-corrected chi connectivity index (χ0v) is 11.6. The summed E-state index contributed by atoms with van der Waals surface area (Å²) < 4.78 is 12.9. The molecule has 0 saturated heterocycles. The van der Waals surface area contributed by atoms with Crippen LogP contribution in [-0.2, 0) is 0 Å². The van der Waals surface area contributed by atoms with Crippen molar-refractivity contribution in [3.05, 3.63) is 35.6 Å². The van der Waals surface area contributed by atoms with Crippen LogP contribution >= 0.6 is 0 Å². The zero-order valence-electron chi connectivity index (χ0n) is 11.6. The third-order valence-corrected chi connectivity index (χ3v) is 4.29. The second kappa shape index (κ2) is 5.83. The van der Waals surface area contributed by atoms with E-state index >= 15 is 0 Å². The molecule has 0 amide bonds. The van der Waals surface area contributed by atoms with Gasteiger partial charge in [0.2, 0.25) is 0 Å². The van der Waals surface area contributed by atoms with E-state index in [0.717, 1.165) is 11.8 Å². The highest BCUT2D eigenvalue weighted by atomic mass is 19.1. The number of rotatable bonds is 3. The summed E-state index contributed by atoms with van der Waals surface area (Å²) in [5, 5.41) is 3.71. The van der Waals surface area contributed by atoms with E-state index < -0.39 is 0 Å². The number of hydrogen-bond acceptors (Lipinski definition) is 1. The van der Waals surface area contributed by atoms with Crippen LogP contribution in [0.2, 0.25) is 0 Å². The average Bonchev–Trinajstić information content (AvgIpc) is 2.34. The van der Waals surface area contributed by atoms with Gasteiger partial charge in [-0.05, 0) is 49.3 Å². The fourth-order valence-corrected chi connectivity index (χ4v) is 2.93. The molecule has 2 heteroatoms. The van der Waals surface area contributed by atoms with Crippen molar-refractivity contribution < 1.29 is 4.39 Å². The molecule has 3 unspecified atom stereocenters. The Kier molecular flexibility index (Phi) is 4.39. The van der Waals surface area contributed by atoms with Gasteiger partial charge < -0.3 is 5.32 Å². The molecule has 4 atom stereocenters. The van der Waals surface area contributed by atoms with E-state index in [9.17, 15) is 4.39 Å². The van der Waals surface area contributed by atoms with Gasteiger partial charge in [0, 0.05) is 12.1 Å². The number of hydrogen-bond donors (Lipinski definition) is 1. The van der Waals surface area contributed by atoms with E-state index in [-0.39, 0.29) is 5.82 Å². The molecule has 0 spiro atoms. The molecule has 1 aromatic carbocycles. The summed E-state index contributed by atoms with van der Waals surface area (Å²) in [5.74, 6) is 1.40. The molecule has 1 aliphatic carbocycles. The van der Waals surface area contributed by atoms with Gasteiger partial charge in [-0.25, -0.2) is 4.39 Å². The minimum atomic E-state index is -0.161. The minimum Gasteiger partial charge on any atom is -0.307 e. The standard InChI is InChI=1S/C16H24FN/c1-11-4-5-12(2)16(10-11)18-13(3)14-6-8-15(17)9-7-14/h6-9,11-13,16,18H,4-5,10H2,1-3H3/t11?,12?,13-,16?/m0/s1. The Balaban J connectivity index is 1.97. The number of benzene rings is 1. The Labute approximate surface area is 110 Å². The van der Waals surface area contributed by atoms with Crippen LogP contribution in [0, 0.1) is 17.7 Å². The third kappa shape index (κ3) is 3.32. The molecule has 2 rings (SSSR count). The molecule has 1 aromatic rings. The van der Waals surface area contributed by atoms with E-state index in [2.05, 4.69) is 26.1 Å². The van der Waals surface area contributed by atoms with Gasteiger partial charge in [0.1, 0.15) is 5.82 Å². The van der Waals surface area contributed by atoms with Gasteiger partial charge in [-0.1, -0.05) is 32.4 Å². The van der Waals surface area contributed by atoms with Crippen molar-refractivity contribution in [1.29, 1.82) is 0 Å². The van der Waals surface area contributed by atoms with Crippen molar-refractivity contribution in [2.24, 2.45) is 11.8 Å². The van der Waals surface area contributed by atoms with Crippen molar-refractivity contribution >= 4 is 0 Å². The lowest BCUT2D eigenvalue weighted by Gasteiger charge is -2.35. The summed E-state index contributed by atoms with van der Waals surface area (Å²) in [6.07, 6.45) is 3.92. The van der Waals surface area contributed by atoms with Gasteiger partial charge in [-0.15, -0.1) is 0 Å². The van der Waals surface area contributed by atoms with E-state index in [1.54, 1.807) is 12.1 Å². The van der Waals surface area contributed by atoms with Gasteiger partial charge in [0.25, 0.3) is 0 Å². The summed E-state index contributed by atoms with van der Waals surface area (Å²) in [6, 6.07) is 7.73. The Hall–Kier alpha value is -0.890. The van der Waals surface area contributed by atoms with Crippen LogP contribution in [0.5, 0.6) is 0 Å². The minimum absolute atomic E-state index is 0.161. The largest absolute Gasteiger partial charge is 0.307 e. The number of nitrogens with one attached hydrogen (secondary N) is 1. The number of halogens is 1. The Morgan fingerprint density at radius 2 is 1.83 bits per heavy atom. The lowest BCUT2D eigenvalue weighted by molar-refractivity contribution is 0.216. The van der Waals surface area contributed by atoms with Crippen LogP contribution in [0.3, 0.4) is 0 Å². The molecular formula is C16H24FN. The van der Waals surface area contributed by atoms with E-state index in [0.29, 0.717) is 12.1 Å². The topological polar surface area (TPSA) is 12.0 Å². The van der Waals surface area contributed by atoms with Crippen LogP contribution in [0.25, 0.3) is 0 Å². The molecular weight excluding hydrogens is 225 g/mol. The van der Waals surface area contributed by atoms with Crippen LogP contribution < -0.4 is 5.32 Å². The molecule has 1 N–H and O–H groups in total. The summed E-state index contributed by atoms with van der Waals surface area (Å²) in [4.78, 5) is 0. The molecule has 0 bridgehead atoms. The first-order valence-corrected chi connectivity index (χ1v) is 7.07. The van der Waals surface area contributed by atoms with Crippen molar-refractivity contribution in [2.45, 2.75) is 52.1 Å². The predicted molar refractivity (Wildman–Crippen MR) is 73.9 cm³/mol. The van der Waals surface area contributed by atoms with Crippen molar-refractivity contribution in [3.8, 4) is 0 Å². The van der Waals surface area contributed by atoms with Crippen LogP contribution in [0.1, 0.15) is 51.6 Å². The summed E-state index contributed by atoms with van der Waals surface area (Å²) in [7, 11) is 0. The van der Waals surface area contributed by atoms with Gasteiger partial charge in [-0.3, -0.25) is 0 Å². The highest BCUT2D eigenvalue weighted by Crippen LogP contribution is 2.30. The maximum absolute atomic E-state index is 12.9. The normalized spacial score (nSPS) is 30.1. The quantitative estimate of drug-likeness (QED) is 0.842. The highest BCUT2D eigenvalue weighted by Gasteiger charge is 2.26. The van der Waals surface area contributed by atoms with Gasteiger partial charge in [0.05, 0.1) is 0 Å². The van der Waals surface area contributed by atoms with Crippen molar-refractivity contribution in [2.75, 3.05) is 0 Å². The first-order valence-electron chi connectivity index (χ1n) is 7.07. The van der Waals surface area contributed by atoms with Crippen LogP contribution in [-0.4, -0.2) is 6.04 Å². The fourth-order valence-electron chi connectivity index (χ4n) is 2.93. The summed E-state index contributed by atoms with van der Waals surface area (Å²) in [5.41, 5.74) is 1.17. The maximum atomic E-state index is 12.9. The molecule has 1 saturated carbocycles. The fraction of sp³-hybridized carbons (Fsp3) is 0.625. The molecule has 18 heavy (non-hydrogen) atoms. The van der Waals surface area contributed by atoms with Crippen molar-refractivity contribution in [1.82, 2.24) is 5.32 Å². The predicted octanol–water partition coefficient (Wildman–Crippen LogP) is 4.30. The SMILES string of the molecule is CC1CCC(C)C(N[C@@H](C)c2ccc(F)cc2)C1. The van der Waals surface area contributed by atoms with E-state index in [4.69, 9.17) is 0 Å². The van der Waals surface area contributed by atoms with E-state index in [1.807, 2.05) is 12.1 Å². The van der Waals surface area contributed by atoms with Crippen LogP contribution in [0.15, 0.2) is 24.3 Å². The Bertz CT molecular complexity index is 373. The lowest BCUT2D eigenvalue weighted by Crippen LogP contribution is -2.40. The molecule has 0 radical (unpaired) electrons. The van der Waals surface area contributed by atoms with Crippen molar-refractivity contribution in [3.63, 3.8) is 0 Å². The molecule has 1 aliphatic rings. The molecule has 1 nitrogen and oxygen atoms in total. The Morgan fingerprint density at radius 3 is 2.50 bits per heavy atom. The molecule has 0 aromatic heterocycles. The smallest absolute Gasteiger partial charge is 0.123 e. The third-order valence-electron chi connectivity index (χ3n) is 4.29. The Morgan fingerprint density at radius 1 is 1.17 bits per heavy atom. The highest BCUT2D eigenvalue weighted by molar-refractivity contribution is 5.19. The van der Waals surface area contributed by atoms with Gasteiger partial charge in [-0.2, -0.15) is 0 Å². The van der Waals surface area contributed by atoms with E-state index in [1.165, 1.54) is 24.8 Å². The first-order chi connectivity index (χ1) is 8.56. The molecule has 0 aliphatic heterocycles. The average molecular weight is 249 g/mol. The maximum Gasteiger partial charge on any atom is 0.123 e. The second-order valence-corrected chi connectivity index (χ2v) is 5.94. The second-order valence-electron chi connectivity index (χ2n) is 5.94. The zero-order chi connectivity index (χ0) is 13.1. The van der Waals surface area contributed by atoms with Gasteiger partial charge >= 0.3 is 0 Å².